The number of carboxylic acid groups (broad SMARTS) is 1. The van der Waals surface area contributed by atoms with Crippen LogP contribution in [0.25, 0.3) is 0 Å². The number of carbonyl (C=O) groups is 1. The highest BCUT2D eigenvalue weighted by Gasteiger charge is 2.37. The Morgan fingerprint density at radius 3 is 2.43 bits per heavy atom. The summed E-state index contributed by atoms with van der Waals surface area (Å²) in [7, 11) is 2.93. The van der Waals surface area contributed by atoms with Crippen LogP contribution in [0.15, 0.2) is 41.4 Å². The largest absolute Gasteiger partial charge is 0.504 e. The first-order chi connectivity index (χ1) is 14.5. The summed E-state index contributed by atoms with van der Waals surface area (Å²) >= 11 is 0. The average molecular weight is 415 g/mol. The van der Waals surface area contributed by atoms with Gasteiger partial charge in [0, 0.05) is 37.0 Å². The molecule has 9 heteroatoms. The first-order valence-corrected chi connectivity index (χ1v) is 9.43. The van der Waals surface area contributed by atoms with E-state index >= 15 is 0 Å². The van der Waals surface area contributed by atoms with Gasteiger partial charge in [-0.2, -0.15) is 0 Å². The number of methoxy groups -OCH3 is 2. The summed E-state index contributed by atoms with van der Waals surface area (Å²) in [4.78, 5) is 19.3. The molecule has 30 heavy (non-hydrogen) atoms. The van der Waals surface area contributed by atoms with E-state index in [1.807, 2.05) is 4.90 Å². The molecule has 9 nitrogen and oxygen atoms in total. The number of phenolic OH excluding ortho intramolecular Hbond substituents is 2. The fraction of sp³-hybridized carbons (Fsp3) is 0.333. The van der Waals surface area contributed by atoms with E-state index in [9.17, 15) is 20.1 Å². The summed E-state index contributed by atoms with van der Waals surface area (Å²) in [5, 5.41) is 30.3. The fourth-order valence-corrected chi connectivity index (χ4v) is 3.55. The first-order valence-electron chi connectivity index (χ1n) is 9.43. The molecule has 0 unspecified atom stereocenters. The second-order valence-corrected chi connectivity index (χ2v) is 6.72. The van der Waals surface area contributed by atoms with E-state index in [0.717, 1.165) is 0 Å². The number of hydrogen-bond acceptors (Lipinski definition) is 7. The van der Waals surface area contributed by atoms with Gasteiger partial charge in [-0.3, -0.25) is 14.8 Å². The van der Waals surface area contributed by atoms with Crippen molar-refractivity contribution in [3.63, 3.8) is 0 Å². The molecule has 0 spiro atoms. The van der Waals surface area contributed by atoms with Gasteiger partial charge in [0.2, 0.25) is 0 Å². The van der Waals surface area contributed by atoms with E-state index < -0.39 is 12.3 Å². The Morgan fingerprint density at radius 1 is 1.10 bits per heavy atom. The highest BCUT2D eigenvalue weighted by molar-refractivity contribution is 5.84. The molecule has 3 rings (SSSR count). The molecular weight excluding hydrogens is 390 g/mol. The average Bonchev–Trinajstić information content (AvgIpc) is 3.16. The normalized spacial score (nSPS) is 16.9. The molecule has 1 aliphatic heterocycles. The molecule has 0 bridgehead atoms. The van der Waals surface area contributed by atoms with Gasteiger partial charge in [-0.05, 0) is 18.2 Å². The molecule has 160 valence electrons. The lowest BCUT2D eigenvalue weighted by atomic mass is 10.1. The van der Waals surface area contributed by atoms with Crippen LogP contribution in [0.1, 0.15) is 17.3 Å². The Labute approximate surface area is 174 Å². The molecule has 3 N–H and O–H groups in total. The highest BCUT2D eigenvalue weighted by Crippen LogP contribution is 2.39. The van der Waals surface area contributed by atoms with Crippen molar-refractivity contribution in [1.82, 2.24) is 9.80 Å². The number of benzene rings is 2. The second kappa shape index (κ2) is 9.36. The lowest BCUT2D eigenvalue weighted by Crippen LogP contribution is -2.35. The minimum absolute atomic E-state index is 0.0150. The summed E-state index contributed by atoms with van der Waals surface area (Å²) in [6.07, 6.45) is -0.145. The van der Waals surface area contributed by atoms with E-state index in [-0.39, 0.29) is 17.2 Å². The number of phenols is 2. The molecule has 0 aliphatic carbocycles. The third kappa shape index (κ3) is 4.25. The van der Waals surface area contributed by atoms with Gasteiger partial charge in [-0.25, -0.2) is 4.79 Å². The van der Waals surface area contributed by atoms with E-state index in [0.29, 0.717) is 43.1 Å². The number of amides is 1. The summed E-state index contributed by atoms with van der Waals surface area (Å²) in [5.41, 5.74) is 0.994. The number of ether oxygens (including phenoxy) is 2. The first kappa shape index (κ1) is 21.3. The minimum atomic E-state index is -1.06. The zero-order valence-corrected chi connectivity index (χ0v) is 16.9. The molecule has 0 radical (unpaired) electrons. The smallest absolute Gasteiger partial charge is 0.408 e. The molecule has 0 aromatic heterocycles. The van der Waals surface area contributed by atoms with Crippen molar-refractivity contribution in [3.8, 4) is 23.0 Å². The third-order valence-electron chi connectivity index (χ3n) is 5.04. The van der Waals surface area contributed by atoms with Crippen molar-refractivity contribution < 1.29 is 29.6 Å². The van der Waals surface area contributed by atoms with Crippen molar-refractivity contribution in [2.75, 3.05) is 40.4 Å². The molecule has 1 aliphatic rings. The van der Waals surface area contributed by atoms with Gasteiger partial charge in [-0.1, -0.05) is 18.2 Å². The van der Waals surface area contributed by atoms with Crippen LogP contribution in [0.5, 0.6) is 23.0 Å². The van der Waals surface area contributed by atoms with Crippen LogP contribution < -0.4 is 9.47 Å². The Balaban J connectivity index is 1.76. The molecule has 0 saturated carbocycles. The van der Waals surface area contributed by atoms with Gasteiger partial charge in [0.25, 0.3) is 0 Å². The van der Waals surface area contributed by atoms with Crippen LogP contribution in [0.2, 0.25) is 0 Å². The maximum atomic E-state index is 11.7. The quantitative estimate of drug-likeness (QED) is 0.595. The lowest BCUT2D eigenvalue weighted by Gasteiger charge is -2.29. The molecule has 1 fully saturated rings. The summed E-state index contributed by atoms with van der Waals surface area (Å²) < 4.78 is 10.2. The predicted octanol–water partition coefficient (Wildman–Crippen LogP) is 2.53. The molecular formula is C21H25N3O6. The molecule has 1 heterocycles. The highest BCUT2D eigenvalue weighted by atomic mass is 16.5. The zero-order valence-electron chi connectivity index (χ0n) is 16.9. The molecule has 1 amide bonds. The van der Waals surface area contributed by atoms with Crippen molar-refractivity contribution >= 4 is 12.3 Å². The Kier molecular flexibility index (Phi) is 6.63. The maximum Gasteiger partial charge on any atom is 0.408 e. The van der Waals surface area contributed by atoms with Crippen molar-refractivity contribution in [2.45, 2.75) is 6.17 Å². The lowest BCUT2D eigenvalue weighted by molar-refractivity contribution is 0.106. The van der Waals surface area contributed by atoms with E-state index in [4.69, 9.17) is 9.47 Å². The second-order valence-electron chi connectivity index (χ2n) is 6.72. The third-order valence-corrected chi connectivity index (χ3v) is 5.04. The summed E-state index contributed by atoms with van der Waals surface area (Å²) in [5.74, 6) is 0.592. The van der Waals surface area contributed by atoms with Crippen LogP contribution >= 0.6 is 0 Å². The minimum Gasteiger partial charge on any atom is -0.504 e. The summed E-state index contributed by atoms with van der Waals surface area (Å²) in [6, 6.07) is 10.2. The van der Waals surface area contributed by atoms with Crippen LogP contribution in [-0.4, -0.2) is 77.8 Å². The van der Waals surface area contributed by atoms with Gasteiger partial charge in [0.05, 0.1) is 20.8 Å². The van der Waals surface area contributed by atoms with Gasteiger partial charge < -0.3 is 24.8 Å². The number of aromatic hydroxyl groups is 2. The van der Waals surface area contributed by atoms with Crippen LogP contribution in [0.3, 0.4) is 0 Å². The molecule has 1 atom stereocenters. The van der Waals surface area contributed by atoms with E-state index in [1.165, 1.54) is 19.1 Å². The number of nitrogens with zero attached hydrogens (tertiary/aromatic N) is 3. The van der Waals surface area contributed by atoms with E-state index in [2.05, 4.69) is 4.99 Å². The Hall–Kier alpha value is -3.46. The number of para-hydroxylation sites is 2. The van der Waals surface area contributed by atoms with Gasteiger partial charge in [0.1, 0.15) is 6.17 Å². The molecule has 2 aromatic carbocycles. The van der Waals surface area contributed by atoms with Crippen molar-refractivity contribution in [2.24, 2.45) is 4.99 Å². The predicted molar refractivity (Wildman–Crippen MR) is 111 cm³/mol. The fourth-order valence-electron chi connectivity index (χ4n) is 3.55. The number of rotatable bonds is 7. The standard InChI is InChI=1S/C21H25N3O6/c1-29-16-7-3-5-14(18(16)25)13-22-9-10-23-11-12-24(21(27)28)20(23)15-6-4-8-17(30-2)19(15)26/h3-8,13,20,25-26H,9-12H2,1-2H3,(H,27,28)/t20-/m1/s1. The van der Waals surface area contributed by atoms with Crippen LogP contribution in [0, 0.1) is 0 Å². The number of aliphatic imine (C=N–C) groups is 1. The summed E-state index contributed by atoms with van der Waals surface area (Å²) in [6.45, 7) is 1.67. The van der Waals surface area contributed by atoms with E-state index in [1.54, 1.807) is 42.6 Å². The van der Waals surface area contributed by atoms with Crippen molar-refractivity contribution in [3.05, 3.63) is 47.5 Å². The Bertz CT molecular complexity index is 933. The molecule has 2 aromatic rings. The van der Waals surface area contributed by atoms with Gasteiger partial charge in [-0.15, -0.1) is 0 Å². The monoisotopic (exact) mass is 415 g/mol. The van der Waals surface area contributed by atoms with Gasteiger partial charge >= 0.3 is 6.09 Å². The zero-order chi connectivity index (χ0) is 21.7. The topological polar surface area (TPSA) is 115 Å². The van der Waals surface area contributed by atoms with Crippen LogP contribution in [-0.2, 0) is 0 Å². The van der Waals surface area contributed by atoms with Crippen molar-refractivity contribution in [1.29, 1.82) is 0 Å². The van der Waals surface area contributed by atoms with Crippen LogP contribution in [0.4, 0.5) is 4.79 Å². The maximum absolute atomic E-state index is 11.7. The molecule has 1 saturated heterocycles. The van der Waals surface area contributed by atoms with Gasteiger partial charge in [0.15, 0.2) is 23.0 Å². The Morgan fingerprint density at radius 2 is 1.77 bits per heavy atom. The SMILES string of the molecule is COc1cccc(C=NCCN2CCN(C(=O)O)[C@@H]2c2cccc(OC)c2O)c1O. The number of hydrogen-bond donors (Lipinski definition) is 3.